The first-order chi connectivity index (χ1) is 5.22. The van der Waals surface area contributed by atoms with Gasteiger partial charge in [0.25, 0.3) is 0 Å². The van der Waals surface area contributed by atoms with Gasteiger partial charge in [-0.15, -0.1) is 0 Å². The quantitative estimate of drug-likeness (QED) is 0.542. The molecule has 0 aromatic carbocycles. The molecule has 1 amide bonds. The Morgan fingerprint density at radius 3 is 2.73 bits per heavy atom. The van der Waals surface area contributed by atoms with Gasteiger partial charge in [0.15, 0.2) is 0 Å². The van der Waals surface area contributed by atoms with Crippen molar-refractivity contribution < 1.29 is 9.59 Å². The van der Waals surface area contributed by atoms with Crippen LogP contribution in [-0.2, 0) is 9.59 Å². The molecular weight excluding hydrogens is 144 g/mol. The lowest BCUT2D eigenvalue weighted by Crippen LogP contribution is -2.31. The second kappa shape index (κ2) is 5.85. The molecule has 0 saturated carbocycles. The van der Waals surface area contributed by atoms with Gasteiger partial charge in [0.2, 0.25) is 5.91 Å². The monoisotopic (exact) mass is 158 g/mol. The minimum atomic E-state index is -0.0254. The van der Waals surface area contributed by atoms with Crippen molar-refractivity contribution in [3.63, 3.8) is 0 Å². The van der Waals surface area contributed by atoms with Crippen molar-refractivity contribution in [2.24, 2.45) is 5.73 Å². The fourth-order valence-electron chi connectivity index (χ4n) is 0.692. The van der Waals surface area contributed by atoms with E-state index in [-0.39, 0.29) is 5.91 Å². The maximum Gasteiger partial charge on any atom is 0.222 e. The first kappa shape index (κ1) is 10.1. The molecule has 0 heterocycles. The molecule has 0 atom stereocenters. The molecular formula is C7H14N2O2. The first-order valence-electron chi connectivity index (χ1n) is 3.60. The number of likely N-dealkylation sites (N-methyl/N-ethyl adjacent to an activating group) is 1. The lowest BCUT2D eigenvalue weighted by molar-refractivity contribution is -0.130. The van der Waals surface area contributed by atoms with Crippen LogP contribution in [0.5, 0.6) is 0 Å². The molecule has 0 radical (unpaired) electrons. The summed E-state index contributed by atoms with van der Waals surface area (Å²) in [5.74, 6) is -0.0254. The van der Waals surface area contributed by atoms with E-state index in [1.165, 1.54) is 4.90 Å². The minimum Gasteiger partial charge on any atom is -0.344 e. The summed E-state index contributed by atoms with van der Waals surface area (Å²) in [6.45, 7) is 1.01. The number of amides is 1. The van der Waals surface area contributed by atoms with Crippen LogP contribution in [0.2, 0.25) is 0 Å². The second-order valence-electron chi connectivity index (χ2n) is 2.31. The van der Waals surface area contributed by atoms with E-state index < -0.39 is 0 Å². The van der Waals surface area contributed by atoms with Crippen LogP contribution in [0, 0.1) is 0 Å². The number of nitrogens with zero attached hydrogens (tertiary/aromatic N) is 1. The highest BCUT2D eigenvalue weighted by molar-refractivity contribution is 5.77. The lowest BCUT2D eigenvalue weighted by Gasteiger charge is -2.14. The highest BCUT2D eigenvalue weighted by Gasteiger charge is 2.05. The average molecular weight is 158 g/mol. The van der Waals surface area contributed by atoms with E-state index in [0.29, 0.717) is 25.9 Å². The van der Waals surface area contributed by atoms with Crippen LogP contribution in [-0.4, -0.2) is 37.2 Å². The Bertz CT molecular complexity index is 136. The van der Waals surface area contributed by atoms with Gasteiger partial charge in [-0.25, -0.2) is 0 Å². The Kier molecular flexibility index (Phi) is 5.37. The maximum atomic E-state index is 11.0. The van der Waals surface area contributed by atoms with Crippen molar-refractivity contribution in [2.45, 2.75) is 12.8 Å². The maximum absolute atomic E-state index is 11.0. The second-order valence-corrected chi connectivity index (χ2v) is 2.31. The molecule has 0 rings (SSSR count). The summed E-state index contributed by atoms with van der Waals surface area (Å²) in [4.78, 5) is 22.4. The molecule has 0 spiro atoms. The van der Waals surface area contributed by atoms with Crippen molar-refractivity contribution >= 4 is 12.2 Å². The average Bonchev–Trinajstić information content (AvgIpc) is 2.00. The minimum absolute atomic E-state index is 0.0254. The third-order valence-electron chi connectivity index (χ3n) is 1.37. The summed E-state index contributed by atoms with van der Waals surface area (Å²) in [6.07, 6.45) is 1.34. The zero-order chi connectivity index (χ0) is 8.69. The number of hydrogen-bond acceptors (Lipinski definition) is 3. The Labute approximate surface area is 66.4 Å². The van der Waals surface area contributed by atoms with Gasteiger partial charge in [0.1, 0.15) is 6.29 Å². The molecule has 0 aliphatic heterocycles. The summed E-state index contributed by atoms with van der Waals surface area (Å²) in [7, 11) is 1.68. The molecule has 0 bridgehead atoms. The topological polar surface area (TPSA) is 63.4 Å². The molecule has 4 nitrogen and oxygen atoms in total. The number of rotatable bonds is 5. The highest BCUT2D eigenvalue weighted by Crippen LogP contribution is 1.91. The van der Waals surface area contributed by atoms with E-state index in [2.05, 4.69) is 0 Å². The normalized spacial score (nSPS) is 9.27. The molecule has 0 aromatic heterocycles. The predicted molar refractivity (Wildman–Crippen MR) is 42.0 cm³/mol. The van der Waals surface area contributed by atoms with Crippen molar-refractivity contribution in [1.29, 1.82) is 0 Å². The number of nitrogens with two attached hydrogens (primary N) is 1. The van der Waals surface area contributed by atoms with Crippen molar-refractivity contribution in [3.05, 3.63) is 0 Å². The van der Waals surface area contributed by atoms with E-state index in [9.17, 15) is 9.59 Å². The summed E-state index contributed by atoms with van der Waals surface area (Å²) in [6, 6.07) is 0. The van der Waals surface area contributed by atoms with Crippen LogP contribution < -0.4 is 5.73 Å². The van der Waals surface area contributed by atoms with Crippen molar-refractivity contribution in [1.82, 2.24) is 4.90 Å². The van der Waals surface area contributed by atoms with Gasteiger partial charge in [0, 0.05) is 33.0 Å². The van der Waals surface area contributed by atoms with Gasteiger partial charge < -0.3 is 15.4 Å². The molecule has 2 N–H and O–H groups in total. The Morgan fingerprint density at radius 2 is 2.27 bits per heavy atom. The number of hydrogen-bond donors (Lipinski definition) is 1. The van der Waals surface area contributed by atoms with Gasteiger partial charge in [-0.1, -0.05) is 0 Å². The van der Waals surface area contributed by atoms with Gasteiger partial charge in [0.05, 0.1) is 0 Å². The summed E-state index contributed by atoms with van der Waals surface area (Å²) in [5.41, 5.74) is 5.23. The van der Waals surface area contributed by atoms with Crippen LogP contribution in [0.1, 0.15) is 12.8 Å². The van der Waals surface area contributed by atoms with E-state index >= 15 is 0 Å². The third kappa shape index (κ3) is 4.50. The van der Waals surface area contributed by atoms with Crippen molar-refractivity contribution in [3.8, 4) is 0 Å². The fourth-order valence-corrected chi connectivity index (χ4v) is 0.692. The number of carbonyl (C=O) groups excluding carboxylic acids is 2. The van der Waals surface area contributed by atoms with E-state index in [0.717, 1.165) is 6.29 Å². The predicted octanol–water partition coefficient (Wildman–Crippen LogP) is -0.617. The smallest absolute Gasteiger partial charge is 0.222 e. The molecule has 0 aliphatic carbocycles. The van der Waals surface area contributed by atoms with Gasteiger partial charge >= 0.3 is 0 Å². The molecule has 0 saturated heterocycles. The number of aldehydes is 1. The molecule has 0 aromatic rings. The van der Waals surface area contributed by atoms with Crippen molar-refractivity contribution in [2.75, 3.05) is 20.1 Å². The molecule has 64 valence electrons. The molecule has 0 unspecified atom stereocenters. The van der Waals surface area contributed by atoms with Crippen LogP contribution in [0.3, 0.4) is 0 Å². The van der Waals surface area contributed by atoms with E-state index in [1.807, 2.05) is 0 Å². The Hall–Kier alpha value is -0.900. The Morgan fingerprint density at radius 1 is 1.64 bits per heavy atom. The SMILES string of the molecule is CN(CCN)C(=O)CCC=O. The first-order valence-corrected chi connectivity index (χ1v) is 3.60. The lowest BCUT2D eigenvalue weighted by atomic mass is 10.3. The molecule has 0 fully saturated rings. The zero-order valence-corrected chi connectivity index (χ0v) is 6.75. The number of carbonyl (C=O) groups is 2. The third-order valence-corrected chi connectivity index (χ3v) is 1.37. The van der Waals surface area contributed by atoms with Gasteiger partial charge in [-0.2, -0.15) is 0 Å². The molecule has 11 heavy (non-hydrogen) atoms. The van der Waals surface area contributed by atoms with Crippen LogP contribution in [0.15, 0.2) is 0 Å². The largest absolute Gasteiger partial charge is 0.344 e. The highest BCUT2D eigenvalue weighted by atomic mass is 16.2. The summed E-state index contributed by atoms with van der Waals surface area (Å²) >= 11 is 0. The van der Waals surface area contributed by atoms with E-state index in [1.54, 1.807) is 7.05 Å². The van der Waals surface area contributed by atoms with Gasteiger partial charge in [-0.05, 0) is 0 Å². The van der Waals surface area contributed by atoms with E-state index in [4.69, 9.17) is 5.73 Å². The van der Waals surface area contributed by atoms with Crippen LogP contribution >= 0.6 is 0 Å². The van der Waals surface area contributed by atoms with Crippen LogP contribution in [0.25, 0.3) is 0 Å². The molecule has 4 heteroatoms. The van der Waals surface area contributed by atoms with Crippen LogP contribution in [0.4, 0.5) is 0 Å². The standard InChI is InChI=1S/C7H14N2O2/c1-9(5-4-8)7(11)3-2-6-10/h6H,2-5,8H2,1H3. The summed E-state index contributed by atoms with van der Waals surface area (Å²) < 4.78 is 0. The summed E-state index contributed by atoms with van der Waals surface area (Å²) in [5, 5.41) is 0. The fraction of sp³-hybridized carbons (Fsp3) is 0.714. The Balaban J connectivity index is 3.54. The molecule has 0 aliphatic rings. The van der Waals surface area contributed by atoms with Gasteiger partial charge in [-0.3, -0.25) is 4.79 Å². The zero-order valence-electron chi connectivity index (χ0n) is 6.75.